The molecule has 1 aliphatic rings. The molecule has 4 heterocycles. The Hall–Kier alpha value is -3.10. The normalized spacial score (nSPS) is 19.5. The summed E-state index contributed by atoms with van der Waals surface area (Å²) in [6.07, 6.45) is 4.27. The lowest BCUT2D eigenvalue weighted by molar-refractivity contribution is -0.136. The Balaban J connectivity index is 1.44. The van der Waals surface area contributed by atoms with Crippen LogP contribution >= 0.6 is 0 Å². The fourth-order valence-corrected chi connectivity index (χ4v) is 3.68. The molecule has 1 amide bonds. The van der Waals surface area contributed by atoms with Crippen molar-refractivity contribution in [3.05, 3.63) is 47.9 Å². The summed E-state index contributed by atoms with van der Waals surface area (Å²) in [5.74, 6) is 0.0942. The van der Waals surface area contributed by atoms with E-state index in [4.69, 9.17) is 4.52 Å². The summed E-state index contributed by atoms with van der Waals surface area (Å²) < 4.78 is 22.7. The van der Waals surface area contributed by atoms with Crippen molar-refractivity contribution < 1.29 is 13.7 Å². The van der Waals surface area contributed by atoms with Gasteiger partial charge in [-0.3, -0.25) is 14.5 Å². The highest BCUT2D eigenvalue weighted by Gasteiger charge is 2.43. The van der Waals surface area contributed by atoms with Crippen LogP contribution in [-0.2, 0) is 17.0 Å². The van der Waals surface area contributed by atoms with Gasteiger partial charge in [0, 0.05) is 43.2 Å². The predicted molar refractivity (Wildman–Crippen MR) is 102 cm³/mol. The number of nitrogens with zero attached hydrogens (tertiary/aromatic N) is 6. The first kappa shape index (κ1) is 19.2. The maximum absolute atomic E-state index is 15.7. The molecule has 1 fully saturated rings. The van der Waals surface area contributed by atoms with E-state index >= 15 is 4.39 Å². The second-order valence-electron chi connectivity index (χ2n) is 7.45. The number of hydrogen-bond acceptors (Lipinski definition) is 6. The average molecular weight is 398 g/mol. The number of aryl methyl sites for hydroxylation is 3. The highest BCUT2D eigenvalue weighted by atomic mass is 19.1. The van der Waals surface area contributed by atoms with Gasteiger partial charge in [0.1, 0.15) is 0 Å². The molecule has 3 aromatic heterocycles. The van der Waals surface area contributed by atoms with Gasteiger partial charge in [0.05, 0.1) is 12.2 Å². The Bertz CT molecular complexity index is 1000. The first-order chi connectivity index (χ1) is 13.9. The van der Waals surface area contributed by atoms with E-state index in [1.54, 1.807) is 34.1 Å². The highest BCUT2D eigenvalue weighted by Crippen LogP contribution is 2.35. The number of likely N-dealkylation sites (tertiary alicyclic amines) is 1. The quantitative estimate of drug-likeness (QED) is 0.656. The van der Waals surface area contributed by atoms with Crippen LogP contribution in [0, 0.1) is 13.8 Å². The molecule has 0 N–H and O–H groups in total. The van der Waals surface area contributed by atoms with Crippen molar-refractivity contribution in [2.24, 2.45) is 0 Å². The van der Waals surface area contributed by atoms with E-state index in [2.05, 4.69) is 20.2 Å². The van der Waals surface area contributed by atoms with Crippen molar-refractivity contribution in [1.82, 2.24) is 29.8 Å². The van der Waals surface area contributed by atoms with Crippen molar-refractivity contribution in [2.75, 3.05) is 13.1 Å². The molecule has 29 heavy (non-hydrogen) atoms. The highest BCUT2D eigenvalue weighted by molar-refractivity contribution is 5.76. The van der Waals surface area contributed by atoms with E-state index in [0.29, 0.717) is 25.1 Å². The molecule has 0 saturated carbocycles. The van der Waals surface area contributed by atoms with Gasteiger partial charge in [0.25, 0.3) is 5.89 Å². The van der Waals surface area contributed by atoms with E-state index < -0.39 is 5.67 Å². The molecule has 8 nitrogen and oxygen atoms in total. The number of aromatic nitrogens is 5. The lowest BCUT2D eigenvalue weighted by Crippen LogP contribution is -2.46. The van der Waals surface area contributed by atoms with Crippen molar-refractivity contribution in [2.45, 2.75) is 45.3 Å². The first-order valence-electron chi connectivity index (χ1n) is 9.67. The SMILES string of the molecule is Cc1cc(C)n(CCC(=O)N2CCCC(F)(c3nc(-c4cccnc4)no3)C2)n1. The molecular weight excluding hydrogens is 375 g/mol. The standard InChI is InChI=1S/C20H23FN6O2/c1-14-11-15(2)27(24-14)10-6-17(28)26-9-4-7-20(21,13-26)19-23-18(25-29-19)16-5-3-8-22-12-16/h3,5,8,11-12H,4,6-7,9-10,13H2,1-2H3. The monoisotopic (exact) mass is 398 g/mol. The van der Waals surface area contributed by atoms with Gasteiger partial charge >= 0.3 is 0 Å². The fraction of sp³-hybridized carbons (Fsp3) is 0.450. The third-order valence-electron chi connectivity index (χ3n) is 5.17. The number of amides is 1. The Labute approximate surface area is 167 Å². The molecule has 1 unspecified atom stereocenters. The molecule has 0 radical (unpaired) electrons. The fourth-order valence-electron chi connectivity index (χ4n) is 3.68. The maximum Gasteiger partial charge on any atom is 0.266 e. The zero-order chi connectivity index (χ0) is 20.4. The van der Waals surface area contributed by atoms with Gasteiger partial charge in [-0.25, -0.2) is 4.39 Å². The second kappa shape index (κ2) is 7.73. The number of piperidine rings is 1. The van der Waals surface area contributed by atoms with Crippen LogP contribution in [0.25, 0.3) is 11.4 Å². The number of hydrogen-bond donors (Lipinski definition) is 0. The summed E-state index contributed by atoms with van der Waals surface area (Å²) in [6.45, 7) is 4.77. The minimum absolute atomic E-state index is 0.0857. The Kier molecular flexibility index (Phi) is 5.12. The van der Waals surface area contributed by atoms with Gasteiger partial charge in [-0.15, -0.1) is 0 Å². The van der Waals surface area contributed by atoms with Crippen molar-refractivity contribution in [1.29, 1.82) is 0 Å². The first-order valence-corrected chi connectivity index (χ1v) is 9.67. The summed E-state index contributed by atoms with van der Waals surface area (Å²) in [5.41, 5.74) is 0.721. The van der Waals surface area contributed by atoms with E-state index in [1.165, 1.54) is 0 Å². The van der Waals surface area contributed by atoms with Crippen LogP contribution in [0.3, 0.4) is 0 Å². The minimum Gasteiger partial charge on any atom is -0.339 e. The van der Waals surface area contributed by atoms with E-state index in [0.717, 1.165) is 11.4 Å². The number of carbonyl (C=O) groups is 1. The van der Waals surface area contributed by atoms with Crippen LogP contribution in [0.15, 0.2) is 35.1 Å². The van der Waals surface area contributed by atoms with Crippen LogP contribution in [0.4, 0.5) is 4.39 Å². The Morgan fingerprint density at radius 2 is 2.24 bits per heavy atom. The summed E-state index contributed by atoms with van der Waals surface area (Å²) in [4.78, 5) is 22.5. The number of pyridine rings is 1. The van der Waals surface area contributed by atoms with E-state index in [1.807, 2.05) is 19.9 Å². The van der Waals surface area contributed by atoms with Crippen LogP contribution in [0.1, 0.15) is 36.5 Å². The molecule has 0 bridgehead atoms. The van der Waals surface area contributed by atoms with Crippen LogP contribution in [-0.4, -0.2) is 48.8 Å². The van der Waals surface area contributed by atoms with Gasteiger partial charge in [-0.05, 0) is 44.9 Å². The third-order valence-corrected chi connectivity index (χ3v) is 5.17. The molecule has 1 atom stereocenters. The topological polar surface area (TPSA) is 89.9 Å². The van der Waals surface area contributed by atoms with Crippen LogP contribution in [0.2, 0.25) is 0 Å². The van der Waals surface area contributed by atoms with Gasteiger partial charge in [-0.1, -0.05) is 5.16 Å². The third kappa shape index (κ3) is 4.03. The summed E-state index contributed by atoms with van der Waals surface area (Å²) in [5, 5.41) is 8.25. The molecule has 3 aromatic rings. The number of rotatable bonds is 5. The molecule has 1 aliphatic heterocycles. The molecule has 9 heteroatoms. The smallest absolute Gasteiger partial charge is 0.266 e. The molecule has 1 saturated heterocycles. The minimum atomic E-state index is -1.85. The van der Waals surface area contributed by atoms with Gasteiger partial charge < -0.3 is 9.42 Å². The molecular formula is C20H23FN6O2. The molecule has 0 aromatic carbocycles. The lowest BCUT2D eigenvalue weighted by atomic mass is 9.94. The van der Waals surface area contributed by atoms with Crippen molar-refractivity contribution >= 4 is 5.91 Å². The van der Waals surface area contributed by atoms with Gasteiger partial charge in [0.2, 0.25) is 17.4 Å². The zero-order valence-corrected chi connectivity index (χ0v) is 16.5. The largest absolute Gasteiger partial charge is 0.339 e. The molecule has 4 rings (SSSR count). The zero-order valence-electron chi connectivity index (χ0n) is 16.5. The second-order valence-corrected chi connectivity index (χ2v) is 7.45. The summed E-state index contributed by atoms with van der Waals surface area (Å²) >= 11 is 0. The van der Waals surface area contributed by atoms with Crippen molar-refractivity contribution in [3.63, 3.8) is 0 Å². The number of carbonyl (C=O) groups excluding carboxylic acids is 1. The Morgan fingerprint density at radius 1 is 1.38 bits per heavy atom. The summed E-state index contributed by atoms with van der Waals surface area (Å²) in [7, 11) is 0. The lowest BCUT2D eigenvalue weighted by Gasteiger charge is -2.35. The Morgan fingerprint density at radius 3 is 2.97 bits per heavy atom. The van der Waals surface area contributed by atoms with E-state index in [-0.39, 0.29) is 37.0 Å². The molecule has 0 spiro atoms. The van der Waals surface area contributed by atoms with Crippen LogP contribution < -0.4 is 0 Å². The average Bonchev–Trinajstić information content (AvgIpc) is 3.34. The predicted octanol–water partition coefficient (Wildman–Crippen LogP) is 2.82. The molecule has 152 valence electrons. The number of alkyl halides is 1. The number of halogens is 1. The van der Waals surface area contributed by atoms with Crippen LogP contribution in [0.5, 0.6) is 0 Å². The van der Waals surface area contributed by atoms with Gasteiger partial charge in [0.15, 0.2) is 0 Å². The van der Waals surface area contributed by atoms with Gasteiger partial charge in [-0.2, -0.15) is 10.1 Å². The molecule has 0 aliphatic carbocycles. The maximum atomic E-state index is 15.7. The van der Waals surface area contributed by atoms with Crippen molar-refractivity contribution in [3.8, 4) is 11.4 Å². The van der Waals surface area contributed by atoms with E-state index in [9.17, 15) is 4.79 Å². The summed E-state index contributed by atoms with van der Waals surface area (Å²) in [6, 6.07) is 5.50.